The molecule has 23 heavy (non-hydrogen) atoms. The Kier molecular flexibility index (Phi) is 6.68. The molecule has 0 radical (unpaired) electrons. The molecule has 0 heterocycles. The highest BCUT2D eigenvalue weighted by atomic mass is 35.5. The maximum absolute atomic E-state index is 5.84. The molecule has 0 saturated heterocycles. The topological polar surface area (TPSA) is 24.5 Å². The number of hydrogen-bond acceptors (Lipinski definition) is 2. The molecule has 0 amide bonds. The first kappa shape index (κ1) is 17.6. The van der Waals surface area contributed by atoms with E-state index in [1.54, 1.807) is 0 Å². The van der Waals surface area contributed by atoms with Gasteiger partial charge in [-0.05, 0) is 60.6 Å². The number of rotatable bonds is 6. The van der Waals surface area contributed by atoms with Gasteiger partial charge in [-0.2, -0.15) is 0 Å². The Morgan fingerprint density at radius 2 is 1.78 bits per heavy atom. The van der Waals surface area contributed by atoms with E-state index in [4.69, 9.17) is 28.6 Å². The number of nitrogens with zero attached hydrogens (tertiary/aromatic N) is 1. The van der Waals surface area contributed by atoms with E-state index in [1.807, 2.05) is 48.3 Å². The highest BCUT2D eigenvalue weighted by Crippen LogP contribution is 2.15. The summed E-state index contributed by atoms with van der Waals surface area (Å²) in [7, 11) is 1.95. The van der Waals surface area contributed by atoms with E-state index in [-0.39, 0.29) is 0 Å². The molecule has 0 spiro atoms. The third-order valence-electron chi connectivity index (χ3n) is 3.47. The van der Waals surface area contributed by atoms with Crippen molar-refractivity contribution in [3.8, 4) is 5.75 Å². The molecule has 2 aromatic carbocycles. The van der Waals surface area contributed by atoms with Crippen LogP contribution in [0.5, 0.6) is 5.75 Å². The average molecular weight is 349 g/mol. The van der Waals surface area contributed by atoms with E-state index in [2.05, 4.69) is 24.4 Å². The molecule has 2 rings (SSSR count). The maximum Gasteiger partial charge on any atom is 0.173 e. The maximum atomic E-state index is 5.84. The molecule has 1 N–H and O–H groups in total. The molecule has 0 bridgehead atoms. The number of aryl methyl sites for hydroxylation is 1. The lowest BCUT2D eigenvalue weighted by atomic mass is 10.1. The lowest BCUT2D eigenvalue weighted by Gasteiger charge is -2.21. The van der Waals surface area contributed by atoms with Gasteiger partial charge in [-0.25, -0.2) is 0 Å². The van der Waals surface area contributed by atoms with Crippen molar-refractivity contribution in [2.75, 3.05) is 25.5 Å². The Morgan fingerprint density at radius 3 is 2.39 bits per heavy atom. The van der Waals surface area contributed by atoms with E-state index < -0.39 is 0 Å². The zero-order valence-electron chi connectivity index (χ0n) is 13.4. The summed E-state index contributed by atoms with van der Waals surface area (Å²) < 4.78 is 5.67. The van der Waals surface area contributed by atoms with Gasteiger partial charge >= 0.3 is 0 Å². The Balaban J connectivity index is 1.76. The lowest BCUT2D eigenvalue weighted by Crippen LogP contribution is -2.34. The van der Waals surface area contributed by atoms with Gasteiger partial charge in [-0.3, -0.25) is 0 Å². The number of benzene rings is 2. The number of anilines is 1. The van der Waals surface area contributed by atoms with E-state index in [0.717, 1.165) is 17.9 Å². The van der Waals surface area contributed by atoms with Crippen molar-refractivity contribution in [3.63, 3.8) is 0 Å². The van der Waals surface area contributed by atoms with Gasteiger partial charge in [-0.15, -0.1) is 0 Å². The normalized spacial score (nSPS) is 10.2. The second-order valence-electron chi connectivity index (χ2n) is 5.20. The molecule has 0 aliphatic carbocycles. The Labute approximate surface area is 148 Å². The number of ether oxygens (including phenoxy) is 1. The first-order valence-electron chi connectivity index (χ1n) is 7.58. The van der Waals surface area contributed by atoms with Crippen molar-refractivity contribution in [3.05, 3.63) is 59.1 Å². The molecular weight excluding hydrogens is 328 g/mol. The molecule has 0 unspecified atom stereocenters. The molecule has 0 fully saturated rings. The van der Waals surface area contributed by atoms with Crippen molar-refractivity contribution in [2.45, 2.75) is 13.3 Å². The molecule has 0 aromatic heterocycles. The van der Waals surface area contributed by atoms with Crippen molar-refractivity contribution in [2.24, 2.45) is 0 Å². The van der Waals surface area contributed by atoms with Crippen LogP contribution < -0.4 is 10.1 Å². The van der Waals surface area contributed by atoms with Crippen molar-refractivity contribution in [1.29, 1.82) is 0 Å². The van der Waals surface area contributed by atoms with Gasteiger partial charge in [0, 0.05) is 17.8 Å². The van der Waals surface area contributed by atoms with Crippen molar-refractivity contribution in [1.82, 2.24) is 4.90 Å². The fourth-order valence-electron chi connectivity index (χ4n) is 1.98. The molecule has 0 saturated carbocycles. The predicted octanol–water partition coefficient (Wildman–Crippen LogP) is 4.61. The van der Waals surface area contributed by atoms with Gasteiger partial charge in [0.25, 0.3) is 0 Å². The quantitative estimate of drug-likeness (QED) is 0.770. The van der Waals surface area contributed by atoms with Crippen LogP contribution in [0.3, 0.4) is 0 Å². The number of halogens is 1. The van der Waals surface area contributed by atoms with Crippen LogP contribution in [0.4, 0.5) is 5.69 Å². The largest absolute Gasteiger partial charge is 0.492 e. The summed E-state index contributed by atoms with van der Waals surface area (Å²) in [5.41, 5.74) is 2.31. The van der Waals surface area contributed by atoms with Crippen LogP contribution >= 0.6 is 23.8 Å². The summed E-state index contributed by atoms with van der Waals surface area (Å²) in [4.78, 5) is 1.96. The number of likely N-dealkylation sites (N-methyl/N-ethyl adjacent to an activating group) is 1. The summed E-state index contributed by atoms with van der Waals surface area (Å²) in [6.45, 7) is 3.39. The number of hydrogen-bond donors (Lipinski definition) is 1. The van der Waals surface area contributed by atoms with Gasteiger partial charge in [-0.1, -0.05) is 30.7 Å². The molecular formula is C18H21ClN2OS. The SMILES string of the molecule is CCc1ccc(NC(=S)N(C)CCOc2ccc(Cl)cc2)cc1. The van der Waals surface area contributed by atoms with Gasteiger partial charge < -0.3 is 15.0 Å². The minimum absolute atomic E-state index is 0.550. The number of thiocarbonyl (C=S) groups is 1. The molecule has 0 aliphatic heterocycles. The standard InChI is InChI=1S/C18H21ClN2OS/c1-3-14-4-8-16(9-5-14)20-18(23)21(2)12-13-22-17-10-6-15(19)7-11-17/h4-11H,3,12-13H2,1-2H3,(H,20,23). The Morgan fingerprint density at radius 1 is 1.13 bits per heavy atom. The molecule has 3 nitrogen and oxygen atoms in total. The first-order chi connectivity index (χ1) is 11.1. The molecule has 0 aliphatic rings. The first-order valence-corrected chi connectivity index (χ1v) is 8.36. The predicted molar refractivity (Wildman–Crippen MR) is 102 cm³/mol. The van der Waals surface area contributed by atoms with Crippen LogP contribution in [0.1, 0.15) is 12.5 Å². The van der Waals surface area contributed by atoms with E-state index in [0.29, 0.717) is 23.3 Å². The summed E-state index contributed by atoms with van der Waals surface area (Å²) in [5.74, 6) is 0.803. The second-order valence-corrected chi connectivity index (χ2v) is 6.03. The third kappa shape index (κ3) is 5.73. The minimum atomic E-state index is 0.550. The van der Waals surface area contributed by atoms with E-state index in [9.17, 15) is 0 Å². The highest BCUT2D eigenvalue weighted by Gasteiger charge is 2.05. The van der Waals surface area contributed by atoms with Crippen molar-refractivity contribution >= 4 is 34.6 Å². The zero-order valence-corrected chi connectivity index (χ0v) is 15.0. The summed E-state index contributed by atoms with van der Waals surface area (Å²) in [6.07, 6.45) is 1.03. The van der Waals surface area contributed by atoms with Gasteiger partial charge in [0.05, 0.1) is 6.54 Å². The van der Waals surface area contributed by atoms with Crippen LogP contribution in [-0.4, -0.2) is 30.2 Å². The van der Waals surface area contributed by atoms with Gasteiger partial charge in [0.2, 0.25) is 0 Å². The molecule has 122 valence electrons. The Hall–Kier alpha value is -1.78. The smallest absolute Gasteiger partial charge is 0.173 e. The molecule has 0 atom stereocenters. The minimum Gasteiger partial charge on any atom is -0.492 e. The average Bonchev–Trinajstić information content (AvgIpc) is 2.57. The Bertz CT molecular complexity index is 628. The summed E-state index contributed by atoms with van der Waals surface area (Å²) >= 11 is 11.3. The van der Waals surface area contributed by atoms with Crippen molar-refractivity contribution < 1.29 is 4.74 Å². The zero-order chi connectivity index (χ0) is 16.7. The molecule has 2 aromatic rings. The second kappa shape index (κ2) is 8.75. The van der Waals surface area contributed by atoms with Crippen LogP contribution in [0.15, 0.2) is 48.5 Å². The van der Waals surface area contributed by atoms with Crippen LogP contribution in [0.25, 0.3) is 0 Å². The van der Waals surface area contributed by atoms with Crippen LogP contribution in [0, 0.1) is 0 Å². The van der Waals surface area contributed by atoms with Gasteiger partial charge in [0.15, 0.2) is 5.11 Å². The summed E-state index contributed by atoms with van der Waals surface area (Å²) in [5, 5.41) is 4.61. The van der Waals surface area contributed by atoms with Crippen LogP contribution in [-0.2, 0) is 6.42 Å². The van der Waals surface area contributed by atoms with E-state index >= 15 is 0 Å². The van der Waals surface area contributed by atoms with E-state index in [1.165, 1.54) is 5.56 Å². The highest BCUT2D eigenvalue weighted by molar-refractivity contribution is 7.80. The monoisotopic (exact) mass is 348 g/mol. The fraction of sp³-hybridized carbons (Fsp3) is 0.278. The van der Waals surface area contributed by atoms with Crippen LogP contribution in [0.2, 0.25) is 5.02 Å². The summed E-state index contributed by atoms with van der Waals surface area (Å²) in [6, 6.07) is 15.6. The third-order valence-corrected chi connectivity index (χ3v) is 4.13. The van der Waals surface area contributed by atoms with Gasteiger partial charge in [0.1, 0.15) is 12.4 Å². The fourth-order valence-corrected chi connectivity index (χ4v) is 2.31. The molecule has 5 heteroatoms. The lowest BCUT2D eigenvalue weighted by molar-refractivity contribution is 0.285. The number of nitrogens with one attached hydrogen (secondary N) is 1.